The summed E-state index contributed by atoms with van der Waals surface area (Å²) in [5.41, 5.74) is 0. The lowest BCUT2D eigenvalue weighted by atomic mass is 9.95. The van der Waals surface area contributed by atoms with E-state index < -0.39 is 73.7 Å². The van der Waals surface area contributed by atoms with Crippen LogP contribution in [0.5, 0.6) is 0 Å². The molecule has 0 aromatic heterocycles. The molecular weight excluding hydrogens is 336 g/mol. The second-order valence-corrected chi connectivity index (χ2v) is 5.55. The number of rotatable bonds is 5. The zero-order chi connectivity index (χ0) is 18.2. The Balaban J connectivity index is 2.17. The van der Waals surface area contributed by atoms with E-state index in [2.05, 4.69) is 4.74 Å². The molecule has 138 valence electrons. The molecule has 7 N–H and O–H groups in total. The highest BCUT2D eigenvalue weighted by molar-refractivity contribution is 5.78. The SMILES string of the molecule is O=C(O)[C@H]1O[C@](O)(C(=O)O)C[C@@H](O)[C@H]1O[C@@H]1O[C@@H](CO)[C@H](O)[C@H]1O. The fourth-order valence-corrected chi connectivity index (χ4v) is 2.55. The van der Waals surface area contributed by atoms with Crippen molar-refractivity contribution in [3.63, 3.8) is 0 Å². The third kappa shape index (κ3) is 3.36. The van der Waals surface area contributed by atoms with Gasteiger partial charge in [-0.1, -0.05) is 0 Å². The Morgan fingerprint density at radius 2 is 1.79 bits per heavy atom. The highest BCUT2D eigenvalue weighted by Crippen LogP contribution is 2.33. The molecule has 2 heterocycles. The average Bonchev–Trinajstić information content (AvgIpc) is 2.77. The minimum absolute atomic E-state index is 0.650. The smallest absolute Gasteiger partial charge is 0.364 e. The maximum atomic E-state index is 11.2. The minimum Gasteiger partial charge on any atom is -0.479 e. The van der Waals surface area contributed by atoms with Crippen LogP contribution >= 0.6 is 0 Å². The van der Waals surface area contributed by atoms with Crippen molar-refractivity contribution < 1.29 is 59.5 Å². The van der Waals surface area contributed by atoms with Gasteiger partial charge in [0.1, 0.15) is 24.4 Å². The maximum Gasteiger partial charge on any atom is 0.364 e. The summed E-state index contributed by atoms with van der Waals surface area (Å²) < 4.78 is 14.8. The van der Waals surface area contributed by atoms with Crippen molar-refractivity contribution in [2.75, 3.05) is 6.61 Å². The maximum absolute atomic E-state index is 11.2. The van der Waals surface area contributed by atoms with Crippen LogP contribution < -0.4 is 0 Å². The molecule has 12 nitrogen and oxygen atoms in total. The van der Waals surface area contributed by atoms with E-state index in [1.165, 1.54) is 0 Å². The summed E-state index contributed by atoms with van der Waals surface area (Å²) in [4.78, 5) is 22.2. The van der Waals surface area contributed by atoms with Crippen LogP contribution in [0.1, 0.15) is 6.42 Å². The Morgan fingerprint density at radius 1 is 1.17 bits per heavy atom. The highest BCUT2D eigenvalue weighted by atomic mass is 16.7. The number of hydrogen-bond acceptors (Lipinski definition) is 10. The number of carbonyl (C=O) groups is 2. The molecule has 0 amide bonds. The van der Waals surface area contributed by atoms with Gasteiger partial charge in [0.2, 0.25) is 0 Å². The summed E-state index contributed by atoms with van der Waals surface area (Å²) in [6.45, 7) is -0.650. The van der Waals surface area contributed by atoms with Crippen molar-refractivity contribution in [2.45, 2.75) is 55.1 Å². The summed E-state index contributed by atoms with van der Waals surface area (Å²) in [6.07, 6.45) is -12.4. The van der Waals surface area contributed by atoms with Gasteiger partial charge in [-0.15, -0.1) is 0 Å². The minimum atomic E-state index is -2.93. The van der Waals surface area contributed by atoms with Crippen LogP contribution in [-0.4, -0.2) is 103 Å². The Labute approximate surface area is 134 Å². The van der Waals surface area contributed by atoms with Crippen LogP contribution in [0.3, 0.4) is 0 Å². The molecule has 0 aromatic carbocycles. The zero-order valence-corrected chi connectivity index (χ0v) is 12.1. The lowest BCUT2D eigenvalue weighted by Crippen LogP contribution is -2.62. The van der Waals surface area contributed by atoms with Gasteiger partial charge in [-0.05, 0) is 0 Å². The van der Waals surface area contributed by atoms with Crippen LogP contribution in [0.15, 0.2) is 0 Å². The summed E-state index contributed by atoms with van der Waals surface area (Å²) in [5, 5.41) is 66.1. The monoisotopic (exact) mass is 354 g/mol. The lowest BCUT2D eigenvalue weighted by Gasteiger charge is -2.41. The van der Waals surface area contributed by atoms with E-state index in [9.17, 15) is 30.0 Å². The van der Waals surface area contributed by atoms with Gasteiger partial charge in [0, 0.05) is 6.42 Å². The van der Waals surface area contributed by atoms with Crippen molar-refractivity contribution in [3.05, 3.63) is 0 Å². The Morgan fingerprint density at radius 3 is 2.25 bits per heavy atom. The lowest BCUT2D eigenvalue weighted by molar-refractivity contribution is -0.317. The van der Waals surface area contributed by atoms with E-state index in [1.807, 2.05) is 0 Å². The Kier molecular flexibility index (Phi) is 5.41. The molecule has 0 saturated carbocycles. The molecule has 2 rings (SSSR count). The van der Waals surface area contributed by atoms with Gasteiger partial charge in [-0.25, -0.2) is 9.59 Å². The normalized spacial score (nSPS) is 46.0. The number of ether oxygens (including phenoxy) is 3. The van der Waals surface area contributed by atoms with E-state index in [-0.39, 0.29) is 0 Å². The van der Waals surface area contributed by atoms with E-state index in [0.717, 1.165) is 0 Å². The van der Waals surface area contributed by atoms with Gasteiger partial charge in [-0.2, -0.15) is 0 Å². The number of carboxylic acids is 2. The van der Waals surface area contributed by atoms with E-state index in [1.54, 1.807) is 0 Å². The first-order chi connectivity index (χ1) is 11.1. The molecule has 0 radical (unpaired) electrons. The molecule has 2 fully saturated rings. The average molecular weight is 354 g/mol. The number of aliphatic hydroxyl groups is 5. The van der Waals surface area contributed by atoms with E-state index >= 15 is 0 Å². The van der Waals surface area contributed by atoms with Gasteiger partial charge >= 0.3 is 11.9 Å². The van der Waals surface area contributed by atoms with Gasteiger partial charge < -0.3 is 50.0 Å². The van der Waals surface area contributed by atoms with Crippen molar-refractivity contribution in [2.24, 2.45) is 0 Å². The van der Waals surface area contributed by atoms with Crippen molar-refractivity contribution in [3.8, 4) is 0 Å². The Bertz CT molecular complexity index is 496. The molecule has 0 aromatic rings. The molecule has 2 saturated heterocycles. The highest BCUT2D eigenvalue weighted by Gasteiger charge is 2.56. The standard InChI is InChI=1S/C12H18O12/c13-2-4-5(15)6(16)10(22-4)23-7-3(14)1-12(21,11(19)20)24-8(7)9(17)18/h3-8,10,13-16,21H,1-2H2,(H,17,18)(H,19,20)/t3-,4+,5+,6-,7-,8+,10+,12+/m1/s1. The third-order valence-electron chi connectivity index (χ3n) is 3.85. The van der Waals surface area contributed by atoms with Crippen LogP contribution in [-0.2, 0) is 23.8 Å². The van der Waals surface area contributed by atoms with Gasteiger partial charge in [0.05, 0.1) is 12.7 Å². The number of hydrogen-bond donors (Lipinski definition) is 7. The number of aliphatic hydroxyl groups excluding tert-OH is 4. The first-order valence-corrected chi connectivity index (χ1v) is 6.93. The summed E-state index contributed by atoms with van der Waals surface area (Å²) in [6, 6.07) is 0. The van der Waals surface area contributed by atoms with Crippen molar-refractivity contribution in [1.82, 2.24) is 0 Å². The van der Waals surface area contributed by atoms with E-state index in [0.29, 0.717) is 0 Å². The van der Waals surface area contributed by atoms with Crippen LogP contribution in [0.25, 0.3) is 0 Å². The third-order valence-corrected chi connectivity index (χ3v) is 3.85. The second-order valence-electron chi connectivity index (χ2n) is 5.55. The predicted octanol–water partition coefficient (Wildman–Crippen LogP) is -4.18. The molecular formula is C12H18O12. The molecule has 12 heteroatoms. The summed E-state index contributed by atoms with van der Waals surface area (Å²) in [7, 11) is 0. The van der Waals surface area contributed by atoms with Crippen LogP contribution in [0.2, 0.25) is 0 Å². The molecule has 0 unspecified atom stereocenters. The fourth-order valence-electron chi connectivity index (χ4n) is 2.55. The quantitative estimate of drug-likeness (QED) is 0.251. The molecule has 2 aliphatic heterocycles. The van der Waals surface area contributed by atoms with Crippen molar-refractivity contribution >= 4 is 11.9 Å². The molecule has 24 heavy (non-hydrogen) atoms. The zero-order valence-electron chi connectivity index (χ0n) is 12.1. The fraction of sp³-hybridized carbons (Fsp3) is 0.833. The second kappa shape index (κ2) is 6.85. The molecule has 0 aliphatic carbocycles. The predicted molar refractivity (Wildman–Crippen MR) is 68.4 cm³/mol. The summed E-state index contributed by atoms with van der Waals surface area (Å²) in [5.74, 6) is -6.55. The van der Waals surface area contributed by atoms with Crippen molar-refractivity contribution in [1.29, 1.82) is 0 Å². The Hall–Kier alpha value is -1.38. The van der Waals surface area contributed by atoms with E-state index in [4.69, 9.17) is 24.8 Å². The molecule has 8 atom stereocenters. The summed E-state index contributed by atoms with van der Waals surface area (Å²) >= 11 is 0. The largest absolute Gasteiger partial charge is 0.479 e. The first-order valence-electron chi connectivity index (χ1n) is 6.93. The topological polar surface area (TPSA) is 203 Å². The number of aliphatic carboxylic acids is 2. The van der Waals surface area contributed by atoms with Crippen LogP contribution in [0, 0.1) is 0 Å². The van der Waals surface area contributed by atoms with Gasteiger partial charge in [0.15, 0.2) is 12.4 Å². The van der Waals surface area contributed by atoms with Gasteiger partial charge in [-0.3, -0.25) is 0 Å². The van der Waals surface area contributed by atoms with Crippen LogP contribution in [0.4, 0.5) is 0 Å². The first kappa shape index (κ1) is 19.0. The molecule has 0 spiro atoms. The molecule has 2 aliphatic rings. The number of carboxylic acid groups (broad SMARTS) is 2. The molecule has 0 bridgehead atoms. The van der Waals surface area contributed by atoms with Gasteiger partial charge in [0.25, 0.3) is 5.79 Å².